The quantitative estimate of drug-likeness (QED) is 0.656. The maximum Gasteiger partial charge on any atom is 0.141 e. The molecule has 0 aromatic heterocycles. The van der Waals surface area contributed by atoms with Crippen LogP contribution in [0.1, 0.15) is 5.56 Å². The molecule has 0 fully saturated rings. The Morgan fingerprint density at radius 2 is 1.84 bits per heavy atom. The fourth-order valence-electron chi connectivity index (χ4n) is 1.52. The van der Waals surface area contributed by atoms with Crippen LogP contribution in [0.3, 0.4) is 0 Å². The van der Waals surface area contributed by atoms with Crippen molar-refractivity contribution in [2.45, 2.75) is 5.88 Å². The molecule has 0 aliphatic carbocycles. The lowest BCUT2D eigenvalue weighted by molar-refractivity contribution is 0.412. The molecule has 2 nitrogen and oxygen atoms in total. The van der Waals surface area contributed by atoms with Gasteiger partial charge in [0.15, 0.2) is 0 Å². The summed E-state index contributed by atoms with van der Waals surface area (Å²) in [6.07, 6.45) is 0. The zero-order valence-corrected chi connectivity index (χ0v) is 13.2. The second kappa shape index (κ2) is 6.51. The monoisotopic (exact) mass is 360 g/mol. The highest BCUT2D eigenvalue weighted by Gasteiger charge is 2.06. The lowest BCUT2D eigenvalue weighted by atomic mass is 10.2. The minimum Gasteiger partial charge on any atom is -0.497 e. The van der Waals surface area contributed by atoms with E-state index in [0.717, 1.165) is 15.8 Å². The summed E-state index contributed by atoms with van der Waals surface area (Å²) >= 11 is 15.3. The lowest BCUT2D eigenvalue weighted by Crippen LogP contribution is -1.89. The number of methoxy groups -OCH3 is 1. The highest BCUT2D eigenvalue weighted by molar-refractivity contribution is 9.10. The van der Waals surface area contributed by atoms with Gasteiger partial charge in [0.1, 0.15) is 17.2 Å². The largest absolute Gasteiger partial charge is 0.497 e. The van der Waals surface area contributed by atoms with Crippen LogP contribution in [0.25, 0.3) is 0 Å². The third-order valence-electron chi connectivity index (χ3n) is 2.54. The van der Waals surface area contributed by atoms with E-state index >= 15 is 0 Å². The Hall–Kier alpha value is -0.900. The molecule has 0 aliphatic heterocycles. The fourth-order valence-corrected chi connectivity index (χ4v) is 2.50. The van der Waals surface area contributed by atoms with E-state index in [4.69, 9.17) is 32.7 Å². The highest BCUT2D eigenvalue weighted by atomic mass is 79.9. The number of halogens is 3. The zero-order chi connectivity index (χ0) is 13.8. The minimum atomic E-state index is 0.380. The molecule has 100 valence electrons. The lowest BCUT2D eigenvalue weighted by Gasteiger charge is -2.10. The van der Waals surface area contributed by atoms with Gasteiger partial charge in [0.2, 0.25) is 0 Å². The van der Waals surface area contributed by atoms with Crippen molar-refractivity contribution < 1.29 is 9.47 Å². The van der Waals surface area contributed by atoms with Crippen molar-refractivity contribution in [3.63, 3.8) is 0 Å². The number of benzene rings is 2. The summed E-state index contributed by atoms with van der Waals surface area (Å²) in [5.74, 6) is 2.49. The van der Waals surface area contributed by atoms with Crippen molar-refractivity contribution in [2.75, 3.05) is 7.11 Å². The summed E-state index contributed by atoms with van der Waals surface area (Å²) in [6.45, 7) is 0. The predicted molar refractivity (Wildman–Crippen MR) is 81.8 cm³/mol. The molecule has 0 saturated heterocycles. The number of rotatable bonds is 4. The van der Waals surface area contributed by atoms with Gasteiger partial charge in [0.05, 0.1) is 11.6 Å². The van der Waals surface area contributed by atoms with Crippen LogP contribution in [0, 0.1) is 0 Å². The first-order valence-electron chi connectivity index (χ1n) is 5.50. The van der Waals surface area contributed by atoms with Crippen LogP contribution in [0.15, 0.2) is 40.9 Å². The van der Waals surface area contributed by atoms with Crippen LogP contribution >= 0.6 is 39.1 Å². The topological polar surface area (TPSA) is 18.5 Å². The Labute approximate surface area is 130 Å². The number of ether oxygens (including phenoxy) is 2. The molecule has 0 heterocycles. The van der Waals surface area contributed by atoms with E-state index in [1.165, 1.54) is 0 Å². The molecular weight excluding hydrogens is 351 g/mol. The van der Waals surface area contributed by atoms with Crippen molar-refractivity contribution in [1.82, 2.24) is 0 Å². The van der Waals surface area contributed by atoms with Crippen molar-refractivity contribution in [2.24, 2.45) is 0 Å². The second-order valence-electron chi connectivity index (χ2n) is 3.79. The summed E-state index contributed by atoms with van der Waals surface area (Å²) in [4.78, 5) is 0. The summed E-state index contributed by atoms with van der Waals surface area (Å²) < 4.78 is 11.7. The van der Waals surface area contributed by atoms with E-state index in [0.29, 0.717) is 22.4 Å². The van der Waals surface area contributed by atoms with Gasteiger partial charge in [-0.1, -0.05) is 17.7 Å². The Bertz CT molecular complexity index is 588. The van der Waals surface area contributed by atoms with Gasteiger partial charge in [-0.3, -0.25) is 0 Å². The van der Waals surface area contributed by atoms with E-state index in [-0.39, 0.29) is 0 Å². The molecule has 0 saturated carbocycles. The molecule has 0 spiro atoms. The Morgan fingerprint density at radius 3 is 2.42 bits per heavy atom. The average molecular weight is 362 g/mol. The van der Waals surface area contributed by atoms with Crippen LogP contribution in [0.2, 0.25) is 5.02 Å². The SMILES string of the molecule is COc1ccc(Oc2ccc(CCl)c(Cl)c2)c(Br)c1. The molecule has 2 aromatic carbocycles. The Kier molecular flexibility index (Phi) is 4.97. The molecular formula is C14H11BrCl2O2. The van der Waals surface area contributed by atoms with Gasteiger partial charge in [-0.25, -0.2) is 0 Å². The maximum absolute atomic E-state index is 6.09. The molecule has 0 aliphatic rings. The van der Waals surface area contributed by atoms with Gasteiger partial charge >= 0.3 is 0 Å². The summed E-state index contributed by atoms with van der Waals surface area (Å²) in [7, 11) is 1.62. The molecule has 0 radical (unpaired) electrons. The Balaban J connectivity index is 2.23. The van der Waals surface area contributed by atoms with Crippen molar-refractivity contribution in [1.29, 1.82) is 0 Å². The second-order valence-corrected chi connectivity index (χ2v) is 5.31. The highest BCUT2D eigenvalue weighted by Crippen LogP contribution is 2.34. The van der Waals surface area contributed by atoms with E-state index in [9.17, 15) is 0 Å². The van der Waals surface area contributed by atoms with Gasteiger partial charge in [-0.2, -0.15) is 0 Å². The molecule has 0 N–H and O–H groups in total. The van der Waals surface area contributed by atoms with Gasteiger partial charge in [0.25, 0.3) is 0 Å². The van der Waals surface area contributed by atoms with Crippen LogP contribution < -0.4 is 9.47 Å². The van der Waals surface area contributed by atoms with Crippen molar-refractivity contribution in [3.05, 3.63) is 51.5 Å². The van der Waals surface area contributed by atoms with Crippen LogP contribution in [0.5, 0.6) is 17.2 Å². The standard InChI is InChI=1S/C14H11BrCl2O2/c1-18-10-4-5-14(12(15)6-10)19-11-3-2-9(8-16)13(17)7-11/h2-7H,8H2,1H3. The van der Waals surface area contributed by atoms with Gasteiger partial charge in [0, 0.05) is 10.9 Å². The first-order chi connectivity index (χ1) is 9.13. The van der Waals surface area contributed by atoms with E-state index in [1.807, 2.05) is 30.3 Å². The molecule has 2 aromatic rings. The van der Waals surface area contributed by atoms with Gasteiger partial charge in [-0.15, -0.1) is 11.6 Å². The van der Waals surface area contributed by atoms with E-state index < -0.39 is 0 Å². The number of hydrogen-bond donors (Lipinski definition) is 0. The zero-order valence-electron chi connectivity index (χ0n) is 10.1. The van der Waals surface area contributed by atoms with Crippen LogP contribution in [-0.2, 0) is 5.88 Å². The summed E-state index contributed by atoms with van der Waals surface area (Å²) in [5, 5.41) is 0.595. The summed E-state index contributed by atoms with van der Waals surface area (Å²) in [5.41, 5.74) is 0.879. The molecule has 19 heavy (non-hydrogen) atoms. The molecule has 0 bridgehead atoms. The van der Waals surface area contributed by atoms with Crippen LogP contribution in [-0.4, -0.2) is 7.11 Å². The molecule has 0 unspecified atom stereocenters. The number of alkyl halides is 1. The molecule has 5 heteroatoms. The first-order valence-corrected chi connectivity index (χ1v) is 7.20. The smallest absolute Gasteiger partial charge is 0.141 e. The predicted octanol–water partition coefficient (Wildman–Crippen LogP) is 5.64. The third-order valence-corrected chi connectivity index (χ3v) is 3.79. The minimum absolute atomic E-state index is 0.380. The number of hydrogen-bond acceptors (Lipinski definition) is 2. The van der Waals surface area contributed by atoms with Gasteiger partial charge in [-0.05, 0) is 51.8 Å². The molecule has 0 atom stereocenters. The normalized spacial score (nSPS) is 10.3. The first kappa shape index (κ1) is 14.5. The average Bonchev–Trinajstić information content (AvgIpc) is 2.41. The van der Waals surface area contributed by atoms with Gasteiger partial charge < -0.3 is 9.47 Å². The molecule has 2 rings (SSSR count). The van der Waals surface area contributed by atoms with E-state index in [1.54, 1.807) is 13.2 Å². The molecule has 0 amide bonds. The van der Waals surface area contributed by atoms with Crippen LogP contribution in [0.4, 0.5) is 0 Å². The Morgan fingerprint density at radius 1 is 1.11 bits per heavy atom. The van der Waals surface area contributed by atoms with Crippen molar-refractivity contribution in [3.8, 4) is 17.2 Å². The van der Waals surface area contributed by atoms with Crippen molar-refractivity contribution >= 4 is 39.1 Å². The summed E-state index contributed by atoms with van der Waals surface area (Å²) in [6, 6.07) is 10.9. The third kappa shape index (κ3) is 3.56. The van der Waals surface area contributed by atoms with E-state index in [2.05, 4.69) is 15.9 Å². The maximum atomic E-state index is 6.09. The fraction of sp³-hybridized carbons (Fsp3) is 0.143.